The van der Waals surface area contributed by atoms with Crippen LogP contribution >= 0.6 is 15.9 Å². The average Bonchev–Trinajstić information content (AvgIpc) is 2.54. The highest BCUT2D eigenvalue weighted by Gasteiger charge is 2.21. The Morgan fingerprint density at radius 1 is 1.26 bits per heavy atom. The Morgan fingerprint density at radius 2 is 2.00 bits per heavy atom. The van der Waals surface area contributed by atoms with Gasteiger partial charge in [0.05, 0.1) is 5.92 Å². The fourth-order valence-electron chi connectivity index (χ4n) is 2.65. The van der Waals surface area contributed by atoms with E-state index in [0.717, 1.165) is 27.7 Å². The van der Waals surface area contributed by atoms with Gasteiger partial charge in [0.2, 0.25) is 0 Å². The molecule has 120 valence electrons. The van der Waals surface area contributed by atoms with Crippen molar-refractivity contribution in [2.45, 2.75) is 33.1 Å². The van der Waals surface area contributed by atoms with Gasteiger partial charge in [-0.1, -0.05) is 53.2 Å². The van der Waals surface area contributed by atoms with Crippen molar-refractivity contribution in [2.24, 2.45) is 4.99 Å². The fraction of sp³-hybridized carbons (Fsp3) is 0.250. The molecule has 0 radical (unpaired) electrons. The molecule has 0 N–H and O–H groups in total. The first-order valence-electron chi connectivity index (χ1n) is 7.77. The minimum atomic E-state index is -0.183. The minimum absolute atomic E-state index is 0.0870. The Labute approximate surface area is 146 Å². The van der Waals surface area contributed by atoms with Crippen molar-refractivity contribution < 1.29 is 4.39 Å². The molecule has 0 spiro atoms. The predicted octanol–water partition coefficient (Wildman–Crippen LogP) is 6.41. The second-order valence-corrected chi connectivity index (χ2v) is 6.29. The molecule has 2 aromatic carbocycles. The average molecular weight is 374 g/mol. The number of allylic oxidation sites excluding steroid dienone is 2. The lowest BCUT2D eigenvalue weighted by molar-refractivity contribution is 0.614. The summed E-state index contributed by atoms with van der Waals surface area (Å²) in [5, 5.41) is 0. The Morgan fingerprint density at radius 3 is 2.65 bits per heavy atom. The highest BCUT2D eigenvalue weighted by atomic mass is 79.9. The van der Waals surface area contributed by atoms with E-state index in [1.54, 1.807) is 6.07 Å². The molecule has 0 aliphatic rings. The van der Waals surface area contributed by atoms with Gasteiger partial charge in [-0.25, -0.2) is 4.39 Å². The quantitative estimate of drug-likeness (QED) is 0.536. The summed E-state index contributed by atoms with van der Waals surface area (Å²) in [6.45, 7) is 5.85. The molecule has 1 unspecified atom stereocenters. The number of hydrogen-bond acceptors (Lipinski definition) is 1. The summed E-state index contributed by atoms with van der Waals surface area (Å²) in [7, 11) is 0. The Kier molecular flexibility index (Phi) is 6.28. The second-order valence-electron chi connectivity index (χ2n) is 5.38. The third-order valence-electron chi connectivity index (χ3n) is 3.82. The standard InChI is InChI=1S/C20H21BrFN/c1-4-12-23-19(5-2)20(15-8-6-9-16(21)13-15)17-10-7-11-18(22)14(17)3/h5-13,20H,4H2,1-3H3/b19-5-,23-12?. The van der Waals surface area contributed by atoms with E-state index in [9.17, 15) is 4.39 Å². The summed E-state index contributed by atoms with van der Waals surface area (Å²) in [4.78, 5) is 4.61. The highest BCUT2D eigenvalue weighted by molar-refractivity contribution is 9.10. The molecule has 3 heteroatoms. The van der Waals surface area contributed by atoms with E-state index >= 15 is 0 Å². The molecule has 0 saturated carbocycles. The van der Waals surface area contributed by atoms with Gasteiger partial charge < -0.3 is 0 Å². The van der Waals surface area contributed by atoms with Crippen molar-refractivity contribution in [1.82, 2.24) is 0 Å². The third-order valence-corrected chi connectivity index (χ3v) is 4.31. The number of hydrogen-bond donors (Lipinski definition) is 0. The molecule has 0 bridgehead atoms. The molecule has 2 rings (SSSR count). The van der Waals surface area contributed by atoms with Crippen molar-refractivity contribution in [1.29, 1.82) is 0 Å². The van der Waals surface area contributed by atoms with Crippen LogP contribution in [0.5, 0.6) is 0 Å². The van der Waals surface area contributed by atoms with Crippen molar-refractivity contribution in [3.05, 3.63) is 81.2 Å². The lowest BCUT2D eigenvalue weighted by Gasteiger charge is -2.21. The molecule has 1 nitrogen and oxygen atoms in total. The summed E-state index contributed by atoms with van der Waals surface area (Å²) >= 11 is 3.53. The molecule has 0 heterocycles. The zero-order valence-corrected chi connectivity index (χ0v) is 15.3. The number of rotatable bonds is 5. The van der Waals surface area contributed by atoms with Crippen LogP contribution in [0, 0.1) is 12.7 Å². The summed E-state index contributed by atoms with van der Waals surface area (Å²) in [5.74, 6) is -0.270. The van der Waals surface area contributed by atoms with Gasteiger partial charge in [0.1, 0.15) is 5.82 Å². The molecule has 0 aliphatic carbocycles. The molecule has 2 aromatic rings. The van der Waals surface area contributed by atoms with Crippen LogP contribution < -0.4 is 0 Å². The maximum Gasteiger partial charge on any atom is 0.126 e. The molecule has 0 fully saturated rings. The van der Waals surface area contributed by atoms with E-state index in [4.69, 9.17) is 0 Å². The van der Waals surface area contributed by atoms with Gasteiger partial charge in [-0.3, -0.25) is 4.99 Å². The van der Waals surface area contributed by atoms with E-state index in [1.807, 2.05) is 44.3 Å². The largest absolute Gasteiger partial charge is 0.265 e. The summed E-state index contributed by atoms with van der Waals surface area (Å²) in [5.41, 5.74) is 3.64. The van der Waals surface area contributed by atoms with Gasteiger partial charge >= 0.3 is 0 Å². The monoisotopic (exact) mass is 373 g/mol. The molecule has 0 amide bonds. The molecule has 0 aromatic heterocycles. The Balaban J connectivity index is 2.64. The van der Waals surface area contributed by atoms with E-state index in [0.29, 0.717) is 5.56 Å². The zero-order chi connectivity index (χ0) is 16.8. The summed E-state index contributed by atoms with van der Waals surface area (Å²) < 4.78 is 15.1. The third kappa shape index (κ3) is 4.17. The first-order valence-corrected chi connectivity index (χ1v) is 8.57. The number of halogens is 2. The Bertz CT molecular complexity index is 734. The number of nitrogens with zero attached hydrogens (tertiary/aromatic N) is 1. The first kappa shape index (κ1) is 17.6. The van der Waals surface area contributed by atoms with Crippen molar-refractivity contribution >= 4 is 22.1 Å². The van der Waals surface area contributed by atoms with Gasteiger partial charge in [-0.05, 0) is 55.2 Å². The van der Waals surface area contributed by atoms with Crippen molar-refractivity contribution in [3.63, 3.8) is 0 Å². The maximum absolute atomic E-state index is 14.1. The van der Waals surface area contributed by atoms with Gasteiger partial charge in [0, 0.05) is 16.4 Å². The topological polar surface area (TPSA) is 12.4 Å². The number of aliphatic imine (C=N–C) groups is 1. The molecule has 0 aliphatic heterocycles. The summed E-state index contributed by atoms with van der Waals surface area (Å²) in [6, 6.07) is 13.4. The molecular formula is C20H21BrFN. The number of benzene rings is 2. The lowest BCUT2D eigenvalue weighted by atomic mass is 9.85. The predicted molar refractivity (Wildman–Crippen MR) is 99.7 cm³/mol. The minimum Gasteiger partial charge on any atom is -0.265 e. The van der Waals surface area contributed by atoms with Gasteiger partial charge in [0.15, 0.2) is 0 Å². The van der Waals surface area contributed by atoms with Crippen LogP contribution in [0.15, 0.2) is 63.7 Å². The lowest BCUT2D eigenvalue weighted by Crippen LogP contribution is -2.07. The van der Waals surface area contributed by atoms with E-state index < -0.39 is 0 Å². The van der Waals surface area contributed by atoms with Crippen LogP contribution in [0.2, 0.25) is 0 Å². The molecule has 23 heavy (non-hydrogen) atoms. The van der Waals surface area contributed by atoms with Gasteiger partial charge in [-0.15, -0.1) is 0 Å². The maximum atomic E-state index is 14.1. The fourth-order valence-corrected chi connectivity index (χ4v) is 3.06. The van der Waals surface area contributed by atoms with E-state index in [-0.39, 0.29) is 11.7 Å². The Hall–Kier alpha value is -1.74. The molecule has 0 saturated heterocycles. The molecular weight excluding hydrogens is 353 g/mol. The first-order chi connectivity index (χ1) is 11.1. The van der Waals surface area contributed by atoms with Crippen LogP contribution in [0.4, 0.5) is 4.39 Å². The van der Waals surface area contributed by atoms with Crippen LogP contribution in [0.25, 0.3) is 0 Å². The highest BCUT2D eigenvalue weighted by Crippen LogP contribution is 2.36. The smallest absolute Gasteiger partial charge is 0.126 e. The normalized spacial score (nSPS) is 13.5. The summed E-state index contributed by atoms with van der Waals surface area (Å²) in [6.07, 6.45) is 4.77. The SMILES string of the molecule is C/C=C(\N=CCC)C(c1cccc(Br)c1)c1cccc(F)c1C. The van der Waals surface area contributed by atoms with Crippen molar-refractivity contribution in [3.8, 4) is 0 Å². The van der Waals surface area contributed by atoms with E-state index in [1.165, 1.54) is 6.07 Å². The molecule has 1 atom stereocenters. The zero-order valence-electron chi connectivity index (χ0n) is 13.7. The van der Waals surface area contributed by atoms with Crippen LogP contribution in [0.1, 0.15) is 42.9 Å². The van der Waals surface area contributed by atoms with Crippen molar-refractivity contribution in [2.75, 3.05) is 0 Å². The van der Waals surface area contributed by atoms with Gasteiger partial charge in [0.25, 0.3) is 0 Å². The van der Waals surface area contributed by atoms with Crippen LogP contribution in [0.3, 0.4) is 0 Å². The van der Waals surface area contributed by atoms with Gasteiger partial charge in [-0.2, -0.15) is 0 Å². The van der Waals surface area contributed by atoms with Crippen LogP contribution in [-0.2, 0) is 0 Å². The van der Waals surface area contributed by atoms with Crippen LogP contribution in [-0.4, -0.2) is 6.21 Å². The van der Waals surface area contributed by atoms with E-state index in [2.05, 4.69) is 40.0 Å². The second kappa shape index (κ2) is 8.21.